The Morgan fingerprint density at radius 1 is 1.24 bits per heavy atom. The molecule has 3 nitrogen and oxygen atoms in total. The van der Waals surface area contributed by atoms with Gasteiger partial charge in [0.15, 0.2) is 6.10 Å². The van der Waals surface area contributed by atoms with E-state index in [2.05, 4.69) is 0 Å². The Labute approximate surface area is 107 Å². The third-order valence-electron chi connectivity index (χ3n) is 1.87. The van der Waals surface area contributed by atoms with Crippen LogP contribution < -0.4 is 4.74 Å². The number of carbonyl (C=O) groups is 1. The molecule has 0 bridgehead atoms. The van der Waals surface area contributed by atoms with Crippen molar-refractivity contribution in [2.75, 3.05) is 0 Å². The molecule has 0 aliphatic heterocycles. The molecule has 1 aromatic rings. The smallest absolute Gasteiger partial charge is 0.347 e. The van der Waals surface area contributed by atoms with Crippen molar-refractivity contribution in [3.05, 3.63) is 29.3 Å². The molecule has 0 heterocycles. The average molecular weight is 257 g/mol. The number of esters is 1. The van der Waals surface area contributed by atoms with Crippen LogP contribution in [0.4, 0.5) is 0 Å². The largest absolute Gasteiger partial charge is 0.479 e. The maximum absolute atomic E-state index is 11.7. The molecule has 94 valence electrons. The first-order valence-electron chi connectivity index (χ1n) is 5.43. The molecule has 0 aliphatic carbocycles. The molecular weight excluding hydrogens is 240 g/mol. The van der Waals surface area contributed by atoms with Crippen LogP contribution >= 0.6 is 11.6 Å². The fourth-order valence-electron chi connectivity index (χ4n) is 1.15. The summed E-state index contributed by atoms with van der Waals surface area (Å²) in [5.74, 6) is 0.209. The molecule has 0 amide bonds. The molecule has 1 rings (SSSR count). The molecular formula is C13H17ClO3. The second-order valence-corrected chi connectivity index (χ2v) is 5.18. The van der Waals surface area contributed by atoms with Gasteiger partial charge in [-0.25, -0.2) is 4.79 Å². The van der Waals surface area contributed by atoms with Crippen LogP contribution in [0, 0.1) is 0 Å². The highest BCUT2D eigenvalue weighted by Gasteiger charge is 2.22. The summed E-state index contributed by atoms with van der Waals surface area (Å²) in [5.41, 5.74) is -0.505. The molecule has 0 aromatic heterocycles. The van der Waals surface area contributed by atoms with E-state index in [4.69, 9.17) is 21.1 Å². The van der Waals surface area contributed by atoms with Crippen LogP contribution in [-0.2, 0) is 9.53 Å². The van der Waals surface area contributed by atoms with E-state index in [1.807, 2.05) is 20.8 Å². The van der Waals surface area contributed by atoms with Crippen LogP contribution in [0.1, 0.15) is 27.7 Å². The van der Waals surface area contributed by atoms with Crippen molar-refractivity contribution in [3.8, 4) is 5.75 Å². The Morgan fingerprint density at radius 3 is 2.24 bits per heavy atom. The Bertz CT molecular complexity index is 379. The molecule has 1 atom stereocenters. The van der Waals surface area contributed by atoms with Gasteiger partial charge in [-0.2, -0.15) is 0 Å². The number of carbonyl (C=O) groups excluding carboxylic acids is 1. The van der Waals surface area contributed by atoms with E-state index in [1.165, 1.54) is 0 Å². The maximum atomic E-state index is 11.7. The normalized spacial score (nSPS) is 13.0. The summed E-state index contributed by atoms with van der Waals surface area (Å²) >= 11 is 5.75. The second-order valence-electron chi connectivity index (χ2n) is 4.75. The molecule has 0 saturated heterocycles. The molecule has 17 heavy (non-hydrogen) atoms. The molecule has 4 heteroatoms. The van der Waals surface area contributed by atoms with Crippen molar-refractivity contribution in [1.29, 1.82) is 0 Å². The first kappa shape index (κ1) is 13.8. The highest BCUT2D eigenvalue weighted by molar-refractivity contribution is 6.30. The number of benzene rings is 1. The van der Waals surface area contributed by atoms with Crippen molar-refractivity contribution in [1.82, 2.24) is 0 Å². The minimum absolute atomic E-state index is 0.382. The van der Waals surface area contributed by atoms with Gasteiger partial charge in [-0.1, -0.05) is 11.6 Å². The lowest BCUT2D eigenvalue weighted by Gasteiger charge is -2.22. The van der Waals surface area contributed by atoms with E-state index in [1.54, 1.807) is 31.2 Å². The Kier molecular flexibility index (Phi) is 4.40. The highest BCUT2D eigenvalue weighted by atomic mass is 35.5. The Hall–Kier alpha value is -1.22. The van der Waals surface area contributed by atoms with E-state index in [0.29, 0.717) is 10.8 Å². The summed E-state index contributed by atoms with van der Waals surface area (Å²) < 4.78 is 10.6. The number of ether oxygens (including phenoxy) is 2. The van der Waals surface area contributed by atoms with Crippen LogP contribution in [0.5, 0.6) is 5.75 Å². The van der Waals surface area contributed by atoms with Gasteiger partial charge in [-0.3, -0.25) is 0 Å². The van der Waals surface area contributed by atoms with E-state index in [9.17, 15) is 4.79 Å². The average Bonchev–Trinajstić information content (AvgIpc) is 2.19. The van der Waals surface area contributed by atoms with Crippen LogP contribution in [0.25, 0.3) is 0 Å². The fourth-order valence-corrected chi connectivity index (χ4v) is 1.28. The van der Waals surface area contributed by atoms with Gasteiger partial charge in [-0.05, 0) is 52.0 Å². The van der Waals surface area contributed by atoms with Gasteiger partial charge < -0.3 is 9.47 Å². The molecule has 0 spiro atoms. The SMILES string of the molecule is C[C@H](Oc1ccc(Cl)cc1)C(=O)OC(C)(C)C. The van der Waals surface area contributed by atoms with Crippen molar-refractivity contribution in [2.45, 2.75) is 39.4 Å². The molecule has 0 unspecified atom stereocenters. The predicted octanol–water partition coefficient (Wildman–Crippen LogP) is 3.45. The van der Waals surface area contributed by atoms with Gasteiger partial charge >= 0.3 is 5.97 Å². The van der Waals surface area contributed by atoms with Crippen LogP contribution in [0.3, 0.4) is 0 Å². The number of halogens is 1. The van der Waals surface area contributed by atoms with E-state index in [-0.39, 0.29) is 5.97 Å². The standard InChI is InChI=1S/C13H17ClO3/c1-9(12(15)17-13(2,3)4)16-11-7-5-10(14)6-8-11/h5-9H,1-4H3/t9-/m0/s1. The summed E-state index contributed by atoms with van der Waals surface area (Å²) in [7, 11) is 0. The van der Waals surface area contributed by atoms with Gasteiger partial charge in [0, 0.05) is 5.02 Å². The summed E-state index contributed by atoms with van der Waals surface area (Å²) in [6, 6.07) is 6.84. The lowest BCUT2D eigenvalue weighted by molar-refractivity contribution is -0.162. The molecule has 0 aliphatic rings. The van der Waals surface area contributed by atoms with E-state index in [0.717, 1.165) is 0 Å². The van der Waals surface area contributed by atoms with Gasteiger partial charge in [0.25, 0.3) is 0 Å². The summed E-state index contributed by atoms with van der Waals surface area (Å²) in [6.45, 7) is 7.11. The lowest BCUT2D eigenvalue weighted by atomic mass is 10.2. The highest BCUT2D eigenvalue weighted by Crippen LogP contribution is 2.18. The fraction of sp³-hybridized carbons (Fsp3) is 0.462. The summed E-state index contributed by atoms with van der Waals surface area (Å²) in [4.78, 5) is 11.7. The quantitative estimate of drug-likeness (QED) is 0.777. The zero-order chi connectivity index (χ0) is 13.1. The summed E-state index contributed by atoms with van der Waals surface area (Å²) in [5, 5.41) is 0.627. The third-order valence-corrected chi connectivity index (χ3v) is 2.12. The molecule has 0 saturated carbocycles. The molecule has 0 radical (unpaired) electrons. The van der Waals surface area contributed by atoms with E-state index >= 15 is 0 Å². The molecule has 1 aromatic carbocycles. The first-order chi connectivity index (χ1) is 7.78. The van der Waals surface area contributed by atoms with Crippen LogP contribution in [0.15, 0.2) is 24.3 Å². The zero-order valence-corrected chi connectivity index (χ0v) is 11.2. The van der Waals surface area contributed by atoms with Gasteiger partial charge in [0.1, 0.15) is 11.4 Å². The minimum Gasteiger partial charge on any atom is -0.479 e. The van der Waals surface area contributed by atoms with Crippen molar-refractivity contribution < 1.29 is 14.3 Å². The lowest BCUT2D eigenvalue weighted by Crippen LogP contribution is -2.33. The predicted molar refractivity (Wildman–Crippen MR) is 67.4 cm³/mol. The van der Waals surface area contributed by atoms with Crippen LogP contribution in [0.2, 0.25) is 5.02 Å². The maximum Gasteiger partial charge on any atom is 0.347 e. The second kappa shape index (κ2) is 5.41. The minimum atomic E-state index is -0.643. The first-order valence-corrected chi connectivity index (χ1v) is 5.81. The summed E-state index contributed by atoms with van der Waals surface area (Å²) in [6.07, 6.45) is -0.643. The van der Waals surface area contributed by atoms with Crippen molar-refractivity contribution >= 4 is 17.6 Å². The molecule has 0 fully saturated rings. The molecule has 0 N–H and O–H groups in total. The van der Waals surface area contributed by atoms with Gasteiger partial charge in [0.05, 0.1) is 0 Å². The van der Waals surface area contributed by atoms with Crippen molar-refractivity contribution in [2.24, 2.45) is 0 Å². The Morgan fingerprint density at radius 2 is 1.76 bits per heavy atom. The number of hydrogen-bond donors (Lipinski definition) is 0. The Balaban J connectivity index is 2.57. The topological polar surface area (TPSA) is 35.5 Å². The van der Waals surface area contributed by atoms with Crippen molar-refractivity contribution in [3.63, 3.8) is 0 Å². The third kappa shape index (κ3) is 5.09. The van der Waals surface area contributed by atoms with E-state index < -0.39 is 11.7 Å². The number of hydrogen-bond acceptors (Lipinski definition) is 3. The van der Waals surface area contributed by atoms with Gasteiger partial charge in [0.2, 0.25) is 0 Å². The van der Waals surface area contributed by atoms with Crippen LogP contribution in [-0.4, -0.2) is 17.7 Å². The zero-order valence-electron chi connectivity index (χ0n) is 10.5. The van der Waals surface area contributed by atoms with Gasteiger partial charge in [-0.15, -0.1) is 0 Å². The monoisotopic (exact) mass is 256 g/mol. The number of rotatable bonds is 3.